The van der Waals surface area contributed by atoms with E-state index in [1.807, 2.05) is 6.07 Å². The number of morpholine rings is 1. The van der Waals surface area contributed by atoms with Crippen LogP contribution in [0.2, 0.25) is 0 Å². The van der Waals surface area contributed by atoms with Crippen molar-refractivity contribution in [3.8, 4) is 0 Å². The van der Waals surface area contributed by atoms with Crippen molar-refractivity contribution in [2.45, 2.75) is 43.4 Å². The van der Waals surface area contributed by atoms with Gasteiger partial charge in [0.05, 0.1) is 18.9 Å². The van der Waals surface area contributed by atoms with Crippen LogP contribution in [0.3, 0.4) is 0 Å². The smallest absolute Gasteiger partial charge is 0.254 e. The zero-order valence-corrected chi connectivity index (χ0v) is 17.8. The number of amides is 1. The summed E-state index contributed by atoms with van der Waals surface area (Å²) < 4.78 is 34.1. The number of ether oxygens (including phenoxy) is 1. The highest BCUT2D eigenvalue weighted by Crippen LogP contribution is 2.32. The maximum Gasteiger partial charge on any atom is 0.254 e. The quantitative estimate of drug-likeness (QED) is 0.746. The molecule has 3 saturated heterocycles. The van der Waals surface area contributed by atoms with Crippen LogP contribution >= 0.6 is 0 Å². The second-order valence-corrected chi connectivity index (χ2v) is 10.0. The van der Waals surface area contributed by atoms with Gasteiger partial charge in [-0.1, -0.05) is 6.42 Å². The molecule has 0 N–H and O–H groups in total. The van der Waals surface area contributed by atoms with Crippen molar-refractivity contribution >= 4 is 21.6 Å². The molecule has 0 spiro atoms. The predicted molar refractivity (Wildman–Crippen MR) is 112 cm³/mol. The largest absolute Gasteiger partial charge is 0.378 e. The molecule has 3 aliphatic heterocycles. The average Bonchev–Trinajstić information content (AvgIpc) is 2.80. The van der Waals surface area contributed by atoms with Crippen molar-refractivity contribution in [2.75, 3.05) is 57.4 Å². The molecule has 0 radical (unpaired) electrons. The molecule has 0 bridgehead atoms. The van der Waals surface area contributed by atoms with Crippen molar-refractivity contribution in [1.82, 2.24) is 9.21 Å². The van der Waals surface area contributed by atoms with Crippen LogP contribution in [0.4, 0.5) is 5.69 Å². The standard InChI is InChI=1S/C21H31N3O4S/c25-21(23-13-15-28-16-14-23)18-7-8-19(22-9-3-1-4-10-22)20(17-18)29(26,27)24-11-5-2-6-12-24/h7-8,17H,1-6,9-16H2. The fourth-order valence-electron chi connectivity index (χ4n) is 4.44. The highest BCUT2D eigenvalue weighted by atomic mass is 32.2. The van der Waals surface area contributed by atoms with Gasteiger partial charge in [-0.2, -0.15) is 4.31 Å². The third-order valence-corrected chi connectivity index (χ3v) is 8.06. The van der Waals surface area contributed by atoms with Crippen molar-refractivity contribution in [3.63, 3.8) is 0 Å². The Morgan fingerprint density at radius 3 is 2.10 bits per heavy atom. The van der Waals surface area contributed by atoms with Crippen molar-refractivity contribution in [1.29, 1.82) is 0 Å². The Bertz CT molecular complexity index is 824. The maximum atomic E-state index is 13.6. The third-order valence-electron chi connectivity index (χ3n) is 6.13. The number of anilines is 1. The fraction of sp³-hybridized carbons (Fsp3) is 0.667. The molecule has 4 rings (SSSR count). The van der Waals surface area contributed by atoms with E-state index in [1.165, 1.54) is 6.42 Å². The van der Waals surface area contributed by atoms with Gasteiger partial charge in [-0.3, -0.25) is 4.79 Å². The Kier molecular flexibility index (Phi) is 6.41. The first-order valence-corrected chi connectivity index (χ1v) is 12.3. The summed E-state index contributed by atoms with van der Waals surface area (Å²) in [6.07, 6.45) is 6.17. The minimum Gasteiger partial charge on any atom is -0.378 e. The third kappa shape index (κ3) is 4.44. The van der Waals surface area contributed by atoms with E-state index in [2.05, 4.69) is 4.90 Å². The number of hydrogen-bond donors (Lipinski definition) is 0. The topological polar surface area (TPSA) is 70.2 Å². The Balaban J connectivity index is 1.71. The molecular formula is C21H31N3O4S. The summed E-state index contributed by atoms with van der Waals surface area (Å²) in [4.78, 5) is 17.2. The number of benzene rings is 1. The molecule has 0 unspecified atom stereocenters. The van der Waals surface area contributed by atoms with Gasteiger partial charge in [0, 0.05) is 44.8 Å². The molecule has 1 aromatic rings. The minimum absolute atomic E-state index is 0.117. The van der Waals surface area contributed by atoms with Gasteiger partial charge < -0.3 is 14.5 Å². The Labute approximate surface area is 173 Å². The van der Waals surface area contributed by atoms with Crippen molar-refractivity contribution < 1.29 is 17.9 Å². The lowest BCUT2D eigenvalue weighted by Crippen LogP contribution is -2.41. The molecule has 0 saturated carbocycles. The SMILES string of the molecule is O=C(c1ccc(N2CCCCC2)c(S(=O)(=O)N2CCCCC2)c1)N1CCOCC1. The molecule has 160 valence electrons. The average molecular weight is 422 g/mol. The predicted octanol–water partition coefficient (Wildman–Crippen LogP) is 2.32. The molecule has 3 aliphatic rings. The molecule has 29 heavy (non-hydrogen) atoms. The number of piperidine rings is 2. The number of carbonyl (C=O) groups is 1. The minimum atomic E-state index is -3.63. The lowest BCUT2D eigenvalue weighted by atomic mass is 10.1. The van der Waals surface area contributed by atoms with Crippen LogP contribution in [0.1, 0.15) is 48.9 Å². The molecular weight excluding hydrogens is 390 g/mol. The molecule has 1 amide bonds. The first kappa shape index (κ1) is 20.6. The summed E-state index contributed by atoms with van der Waals surface area (Å²) in [5, 5.41) is 0. The molecule has 3 heterocycles. The number of rotatable bonds is 4. The lowest BCUT2D eigenvalue weighted by molar-refractivity contribution is 0.0302. The maximum absolute atomic E-state index is 13.6. The molecule has 3 fully saturated rings. The number of sulfonamides is 1. The van der Waals surface area contributed by atoms with E-state index in [0.717, 1.165) is 50.9 Å². The summed E-state index contributed by atoms with van der Waals surface area (Å²) in [7, 11) is -3.63. The number of nitrogens with zero attached hydrogens (tertiary/aromatic N) is 3. The van der Waals surface area contributed by atoms with Crippen LogP contribution in [0, 0.1) is 0 Å². The Morgan fingerprint density at radius 1 is 0.828 bits per heavy atom. The summed E-state index contributed by atoms with van der Waals surface area (Å²) in [6, 6.07) is 5.25. The van der Waals surface area contributed by atoms with Gasteiger partial charge >= 0.3 is 0 Å². The fourth-order valence-corrected chi connectivity index (χ4v) is 6.20. The molecule has 7 nitrogen and oxygen atoms in total. The van der Waals surface area contributed by atoms with E-state index < -0.39 is 10.0 Å². The second kappa shape index (κ2) is 9.02. The van der Waals surface area contributed by atoms with Gasteiger partial charge in [-0.25, -0.2) is 8.42 Å². The number of carbonyl (C=O) groups excluding carboxylic acids is 1. The van der Waals surface area contributed by atoms with Crippen LogP contribution in [0.5, 0.6) is 0 Å². The lowest BCUT2D eigenvalue weighted by Gasteiger charge is -2.33. The van der Waals surface area contributed by atoms with Crippen LogP contribution < -0.4 is 4.90 Å². The Morgan fingerprint density at radius 2 is 1.45 bits per heavy atom. The van der Waals surface area contributed by atoms with Gasteiger partial charge in [-0.15, -0.1) is 0 Å². The van der Waals surface area contributed by atoms with E-state index in [0.29, 0.717) is 49.9 Å². The monoisotopic (exact) mass is 421 g/mol. The highest BCUT2D eigenvalue weighted by molar-refractivity contribution is 7.89. The van der Waals surface area contributed by atoms with Gasteiger partial charge in [0.2, 0.25) is 10.0 Å². The van der Waals surface area contributed by atoms with E-state index in [9.17, 15) is 13.2 Å². The summed E-state index contributed by atoms with van der Waals surface area (Å²) in [6.45, 7) is 4.97. The van der Waals surface area contributed by atoms with Crippen LogP contribution in [-0.4, -0.2) is 76.0 Å². The van der Waals surface area contributed by atoms with E-state index in [4.69, 9.17) is 4.74 Å². The van der Waals surface area contributed by atoms with Crippen LogP contribution in [0.25, 0.3) is 0 Å². The van der Waals surface area contributed by atoms with Gasteiger partial charge in [0.1, 0.15) is 4.90 Å². The summed E-state index contributed by atoms with van der Waals surface area (Å²) >= 11 is 0. The first-order chi connectivity index (χ1) is 14.1. The molecule has 0 aliphatic carbocycles. The normalized spacial score (nSPS) is 21.9. The molecule has 0 aromatic heterocycles. The zero-order chi connectivity index (χ0) is 20.3. The highest BCUT2D eigenvalue weighted by Gasteiger charge is 2.31. The van der Waals surface area contributed by atoms with E-state index >= 15 is 0 Å². The van der Waals surface area contributed by atoms with Gasteiger partial charge in [0.15, 0.2) is 0 Å². The summed E-state index contributed by atoms with van der Waals surface area (Å²) in [5.74, 6) is -0.117. The molecule has 8 heteroatoms. The van der Waals surface area contributed by atoms with Gasteiger partial charge in [-0.05, 0) is 50.3 Å². The molecule has 1 aromatic carbocycles. The van der Waals surface area contributed by atoms with Gasteiger partial charge in [0.25, 0.3) is 5.91 Å². The summed E-state index contributed by atoms with van der Waals surface area (Å²) in [5.41, 5.74) is 1.19. The van der Waals surface area contributed by atoms with E-state index in [1.54, 1.807) is 21.3 Å². The van der Waals surface area contributed by atoms with Crippen molar-refractivity contribution in [3.05, 3.63) is 23.8 Å². The van der Waals surface area contributed by atoms with Crippen molar-refractivity contribution in [2.24, 2.45) is 0 Å². The Hall–Kier alpha value is -1.64. The zero-order valence-electron chi connectivity index (χ0n) is 17.0. The number of hydrogen-bond acceptors (Lipinski definition) is 5. The van der Waals surface area contributed by atoms with E-state index in [-0.39, 0.29) is 5.91 Å². The second-order valence-electron chi connectivity index (χ2n) is 8.10. The van der Waals surface area contributed by atoms with Crippen LogP contribution in [-0.2, 0) is 14.8 Å². The molecule has 0 atom stereocenters. The van der Waals surface area contributed by atoms with Crippen LogP contribution in [0.15, 0.2) is 23.1 Å². The first-order valence-electron chi connectivity index (χ1n) is 10.8.